The SMILES string of the molecule is COCCCCO[C@@H](c1ccccc1)[C@@H]1CCCN(C(=O)NC(CN)CC2CCCCC2)C1. The van der Waals surface area contributed by atoms with Gasteiger partial charge in [0, 0.05) is 51.9 Å². The maximum absolute atomic E-state index is 13.2. The Balaban J connectivity index is 1.56. The van der Waals surface area contributed by atoms with E-state index in [1.807, 2.05) is 11.0 Å². The predicted octanol–water partition coefficient (Wildman–Crippen LogP) is 4.89. The van der Waals surface area contributed by atoms with Crippen LogP contribution in [0.1, 0.15) is 75.9 Å². The van der Waals surface area contributed by atoms with Gasteiger partial charge in [-0.25, -0.2) is 4.79 Å². The Labute approximate surface area is 200 Å². The number of likely N-dealkylation sites (tertiary alicyclic amines) is 1. The fourth-order valence-corrected chi connectivity index (χ4v) is 5.45. The van der Waals surface area contributed by atoms with Crippen molar-refractivity contribution >= 4 is 6.03 Å². The summed E-state index contributed by atoms with van der Waals surface area (Å²) in [6.45, 7) is 3.52. The number of nitrogens with zero attached hydrogens (tertiary/aromatic N) is 1. The number of nitrogens with one attached hydrogen (secondary N) is 1. The van der Waals surface area contributed by atoms with E-state index in [9.17, 15) is 4.79 Å². The summed E-state index contributed by atoms with van der Waals surface area (Å²) in [5.41, 5.74) is 7.25. The Bertz CT molecular complexity index is 666. The molecule has 3 N–H and O–H groups in total. The number of unbranched alkanes of at least 4 members (excludes halogenated alkanes) is 1. The molecule has 1 aliphatic heterocycles. The lowest BCUT2D eigenvalue weighted by Gasteiger charge is -2.38. The van der Waals surface area contributed by atoms with Crippen LogP contribution in [0.5, 0.6) is 0 Å². The van der Waals surface area contributed by atoms with Crippen molar-refractivity contribution in [1.29, 1.82) is 0 Å². The smallest absolute Gasteiger partial charge is 0.317 e. The largest absolute Gasteiger partial charge is 0.385 e. The highest BCUT2D eigenvalue weighted by atomic mass is 16.5. The van der Waals surface area contributed by atoms with Gasteiger partial charge >= 0.3 is 6.03 Å². The molecule has 0 bridgehead atoms. The number of methoxy groups -OCH3 is 1. The molecule has 1 saturated heterocycles. The van der Waals surface area contributed by atoms with E-state index in [4.69, 9.17) is 15.2 Å². The van der Waals surface area contributed by atoms with Gasteiger partial charge in [0.25, 0.3) is 0 Å². The number of carbonyl (C=O) groups is 1. The van der Waals surface area contributed by atoms with E-state index >= 15 is 0 Å². The molecular formula is C27H45N3O3. The molecule has 3 atom stereocenters. The molecule has 2 fully saturated rings. The molecule has 2 aliphatic rings. The van der Waals surface area contributed by atoms with Crippen LogP contribution in [0.2, 0.25) is 0 Å². The molecule has 1 aliphatic carbocycles. The molecule has 0 radical (unpaired) electrons. The Morgan fingerprint density at radius 1 is 1.09 bits per heavy atom. The van der Waals surface area contributed by atoms with Crippen LogP contribution in [-0.2, 0) is 9.47 Å². The summed E-state index contributed by atoms with van der Waals surface area (Å²) in [5.74, 6) is 1.000. The van der Waals surface area contributed by atoms with Crippen molar-refractivity contribution in [3.8, 4) is 0 Å². The van der Waals surface area contributed by atoms with E-state index in [-0.39, 0.29) is 18.2 Å². The first-order valence-electron chi connectivity index (χ1n) is 13.1. The van der Waals surface area contributed by atoms with Gasteiger partial charge in [-0.1, -0.05) is 62.4 Å². The molecule has 186 valence electrons. The van der Waals surface area contributed by atoms with Crippen molar-refractivity contribution in [2.24, 2.45) is 17.6 Å². The lowest BCUT2D eigenvalue weighted by molar-refractivity contribution is -0.0131. The first-order valence-corrected chi connectivity index (χ1v) is 13.1. The number of piperidine rings is 1. The number of hydrogen-bond donors (Lipinski definition) is 2. The van der Waals surface area contributed by atoms with Gasteiger partial charge in [0.2, 0.25) is 0 Å². The summed E-state index contributed by atoms with van der Waals surface area (Å²) in [7, 11) is 1.74. The highest BCUT2D eigenvalue weighted by Gasteiger charge is 2.32. The van der Waals surface area contributed by atoms with Gasteiger partial charge in [0.15, 0.2) is 0 Å². The number of hydrogen-bond acceptors (Lipinski definition) is 4. The van der Waals surface area contributed by atoms with Crippen LogP contribution in [0, 0.1) is 11.8 Å². The fourth-order valence-electron chi connectivity index (χ4n) is 5.45. The molecule has 1 aromatic carbocycles. The molecule has 2 amide bonds. The number of rotatable bonds is 12. The molecule has 1 saturated carbocycles. The normalized spacial score (nSPS) is 21.5. The standard InChI is InChI=1S/C27H45N3O3/c1-32-17-8-9-18-33-26(23-13-6-3-7-14-23)24-15-10-16-30(21-24)27(31)29-25(20-28)19-22-11-4-2-5-12-22/h3,6-7,13-14,22,24-26H,2,4-5,8-12,15-21,28H2,1H3,(H,29,31)/t24-,25?,26+/m1/s1. The molecule has 6 heteroatoms. The first-order chi connectivity index (χ1) is 16.2. The molecule has 0 spiro atoms. The average Bonchev–Trinajstić information content (AvgIpc) is 2.87. The molecule has 1 heterocycles. The number of amides is 2. The van der Waals surface area contributed by atoms with Gasteiger partial charge in [0.1, 0.15) is 0 Å². The van der Waals surface area contributed by atoms with Crippen molar-refractivity contribution in [2.45, 2.75) is 76.4 Å². The summed E-state index contributed by atoms with van der Waals surface area (Å²) in [5, 5.41) is 3.26. The summed E-state index contributed by atoms with van der Waals surface area (Å²) in [6, 6.07) is 10.6. The van der Waals surface area contributed by atoms with E-state index in [1.54, 1.807) is 7.11 Å². The highest BCUT2D eigenvalue weighted by molar-refractivity contribution is 5.74. The van der Waals surface area contributed by atoms with E-state index in [0.717, 1.165) is 51.8 Å². The van der Waals surface area contributed by atoms with Crippen LogP contribution < -0.4 is 11.1 Å². The summed E-state index contributed by atoms with van der Waals surface area (Å²) in [4.78, 5) is 15.1. The zero-order chi connectivity index (χ0) is 23.3. The highest BCUT2D eigenvalue weighted by Crippen LogP contribution is 2.33. The summed E-state index contributed by atoms with van der Waals surface area (Å²) >= 11 is 0. The Morgan fingerprint density at radius 3 is 2.58 bits per heavy atom. The number of nitrogens with two attached hydrogens (primary N) is 1. The third-order valence-electron chi connectivity index (χ3n) is 7.30. The molecule has 3 rings (SSSR count). The Morgan fingerprint density at radius 2 is 1.85 bits per heavy atom. The van der Waals surface area contributed by atoms with Gasteiger partial charge in [0.05, 0.1) is 6.10 Å². The van der Waals surface area contributed by atoms with E-state index in [2.05, 4.69) is 29.6 Å². The van der Waals surface area contributed by atoms with Gasteiger partial charge < -0.3 is 25.4 Å². The van der Waals surface area contributed by atoms with Crippen molar-refractivity contribution in [2.75, 3.05) is 40.0 Å². The van der Waals surface area contributed by atoms with Gasteiger partial charge in [-0.05, 0) is 43.6 Å². The molecular weight excluding hydrogens is 414 g/mol. The predicted molar refractivity (Wildman–Crippen MR) is 133 cm³/mol. The monoisotopic (exact) mass is 459 g/mol. The minimum atomic E-state index is 0.0110. The number of benzene rings is 1. The lowest BCUT2D eigenvalue weighted by Crippen LogP contribution is -2.51. The van der Waals surface area contributed by atoms with Gasteiger partial charge in [-0.2, -0.15) is 0 Å². The van der Waals surface area contributed by atoms with Crippen LogP contribution in [0.25, 0.3) is 0 Å². The van der Waals surface area contributed by atoms with Crippen LogP contribution in [0.3, 0.4) is 0 Å². The number of urea groups is 1. The topological polar surface area (TPSA) is 76.8 Å². The fraction of sp³-hybridized carbons (Fsp3) is 0.741. The van der Waals surface area contributed by atoms with Crippen molar-refractivity contribution in [3.63, 3.8) is 0 Å². The second-order valence-electron chi connectivity index (χ2n) is 9.87. The molecule has 0 aromatic heterocycles. The zero-order valence-corrected chi connectivity index (χ0v) is 20.6. The van der Waals surface area contributed by atoms with Crippen LogP contribution >= 0.6 is 0 Å². The quantitative estimate of drug-likeness (QED) is 0.436. The third-order valence-corrected chi connectivity index (χ3v) is 7.30. The van der Waals surface area contributed by atoms with Gasteiger partial charge in [-0.15, -0.1) is 0 Å². The summed E-state index contributed by atoms with van der Waals surface area (Å²) < 4.78 is 11.6. The second-order valence-corrected chi connectivity index (χ2v) is 9.87. The molecule has 1 unspecified atom stereocenters. The van der Waals surface area contributed by atoms with Crippen molar-refractivity contribution in [3.05, 3.63) is 35.9 Å². The Kier molecular flexibility index (Phi) is 11.5. The number of ether oxygens (including phenoxy) is 2. The zero-order valence-electron chi connectivity index (χ0n) is 20.6. The lowest BCUT2D eigenvalue weighted by atomic mass is 9.85. The van der Waals surface area contributed by atoms with E-state index < -0.39 is 0 Å². The van der Waals surface area contributed by atoms with Crippen molar-refractivity contribution in [1.82, 2.24) is 10.2 Å². The minimum absolute atomic E-state index is 0.0110. The average molecular weight is 460 g/mol. The minimum Gasteiger partial charge on any atom is -0.385 e. The van der Waals surface area contributed by atoms with E-state index in [0.29, 0.717) is 25.0 Å². The van der Waals surface area contributed by atoms with E-state index in [1.165, 1.54) is 37.7 Å². The molecule has 6 nitrogen and oxygen atoms in total. The van der Waals surface area contributed by atoms with Crippen LogP contribution in [-0.4, -0.2) is 56.9 Å². The van der Waals surface area contributed by atoms with Crippen LogP contribution in [0.15, 0.2) is 30.3 Å². The third kappa shape index (κ3) is 8.58. The van der Waals surface area contributed by atoms with Crippen molar-refractivity contribution < 1.29 is 14.3 Å². The maximum Gasteiger partial charge on any atom is 0.317 e. The van der Waals surface area contributed by atoms with Gasteiger partial charge in [-0.3, -0.25) is 0 Å². The molecule has 1 aromatic rings. The maximum atomic E-state index is 13.2. The first kappa shape index (κ1) is 26.0. The second kappa shape index (κ2) is 14.6. The summed E-state index contributed by atoms with van der Waals surface area (Å²) in [6.07, 6.45) is 11.6. The number of carbonyl (C=O) groups excluding carboxylic acids is 1. The Hall–Kier alpha value is -1.63. The van der Waals surface area contributed by atoms with Crippen LogP contribution in [0.4, 0.5) is 4.79 Å². The molecule has 33 heavy (non-hydrogen) atoms.